The van der Waals surface area contributed by atoms with Crippen LogP contribution in [0.1, 0.15) is 124 Å². The van der Waals surface area contributed by atoms with Crippen LogP contribution in [-0.2, 0) is 4.74 Å². The van der Waals surface area contributed by atoms with E-state index < -0.39 is 0 Å². The van der Waals surface area contributed by atoms with Gasteiger partial charge in [0.25, 0.3) is 0 Å². The summed E-state index contributed by atoms with van der Waals surface area (Å²) in [6, 6.07) is 5.48. The van der Waals surface area contributed by atoms with Gasteiger partial charge in [0.05, 0.1) is 0 Å². The number of nitrogens with zero attached hydrogens (tertiary/aromatic N) is 1. The average Bonchev–Trinajstić information content (AvgIpc) is 2.89. The lowest BCUT2D eigenvalue weighted by Crippen LogP contribution is -2.65. The second-order valence-corrected chi connectivity index (χ2v) is 16.3. The number of ether oxygens (including phenoxy) is 1. The number of pyridine rings is 1. The molecule has 0 bridgehead atoms. The third kappa shape index (κ3) is 3.72. The predicted molar refractivity (Wildman–Crippen MR) is 158 cm³/mol. The molecule has 0 aliphatic heterocycles. The van der Waals surface area contributed by atoms with Gasteiger partial charge in [-0.3, -0.25) is 0 Å². The van der Waals surface area contributed by atoms with E-state index in [2.05, 4.69) is 66.4 Å². The predicted octanol–water partition coefficient (Wildman–Crippen LogP) is 9.28. The topological polar surface area (TPSA) is 39.2 Å². The summed E-state index contributed by atoms with van der Waals surface area (Å²) in [4.78, 5) is 17.3. The minimum absolute atomic E-state index is 0.0535. The Hall–Kier alpha value is -1.64. The van der Waals surface area contributed by atoms with E-state index in [1.165, 1.54) is 44.9 Å². The van der Waals surface area contributed by atoms with Gasteiger partial charge < -0.3 is 4.74 Å². The number of fused-ring (bicyclic) bond motifs is 7. The number of aromatic nitrogens is 1. The second kappa shape index (κ2) is 8.93. The van der Waals surface area contributed by atoms with Crippen LogP contribution in [0.3, 0.4) is 0 Å². The summed E-state index contributed by atoms with van der Waals surface area (Å²) in [6.07, 6.45) is 15.8. The van der Waals surface area contributed by atoms with E-state index in [0.717, 1.165) is 30.6 Å². The highest BCUT2D eigenvalue weighted by molar-refractivity contribution is 5.87. The first-order chi connectivity index (χ1) is 18.3. The van der Waals surface area contributed by atoms with E-state index in [-0.39, 0.29) is 22.9 Å². The second-order valence-electron chi connectivity index (χ2n) is 16.3. The quantitative estimate of drug-likeness (QED) is 0.282. The van der Waals surface area contributed by atoms with E-state index in [1.807, 2.05) is 17.7 Å². The molecule has 5 aliphatic carbocycles. The number of hydrogen-bond donors (Lipinski definition) is 0. The van der Waals surface area contributed by atoms with E-state index in [9.17, 15) is 4.79 Å². The lowest BCUT2D eigenvalue weighted by Gasteiger charge is -2.71. The molecule has 1 aromatic heterocycles. The van der Waals surface area contributed by atoms with E-state index in [1.54, 1.807) is 12.3 Å². The molecule has 4 fully saturated rings. The zero-order valence-corrected chi connectivity index (χ0v) is 26.0. The Morgan fingerprint density at radius 1 is 0.897 bits per heavy atom. The Kier molecular flexibility index (Phi) is 6.30. The summed E-state index contributed by atoms with van der Waals surface area (Å²) in [7, 11) is 0. The smallest absolute Gasteiger partial charge is 0.357 e. The van der Waals surface area contributed by atoms with Gasteiger partial charge in [-0.25, -0.2) is 9.78 Å². The van der Waals surface area contributed by atoms with Gasteiger partial charge in [-0.2, -0.15) is 0 Å². The van der Waals surface area contributed by atoms with Gasteiger partial charge >= 0.3 is 5.97 Å². The molecule has 0 N–H and O–H groups in total. The fourth-order valence-corrected chi connectivity index (χ4v) is 11.7. The summed E-state index contributed by atoms with van der Waals surface area (Å²) in [5.74, 6) is 3.34. The van der Waals surface area contributed by atoms with Crippen molar-refractivity contribution >= 4 is 5.97 Å². The summed E-state index contributed by atoms with van der Waals surface area (Å²) >= 11 is 0. The van der Waals surface area contributed by atoms with Gasteiger partial charge in [-0.1, -0.05) is 73.1 Å². The molecule has 1 heterocycles. The summed E-state index contributed by atoms with van der Waals surface area (Å²) in [5, 5.41) is 0. The lowest BCUT2D eigenvalue weighted by atomic mass is 9.33. The van der Waals surface area contributed by atoms with Crippen molar-refractivity contribution < 1.29 is 9.53 Å². The molecule has 10 atom stereocenters. The minimum Gasteiger partial charge on any atom is -0.457 e. The molecule has 1 aromatic rings. The molecule has 3 nitrogen and oxygen atoms in total. The van der Waals surface area contributed by atoms with Crippen molar-refractivity contribution in [3.63, 3.8) is 0 Å². The fourth-order valence-electron chi connectivity index (χ4n) is 11.7. The standard InChI is InChI=1S/C36H53NO2/c1-23-14-17-33(5)20-21-35(7)25(30(33)24(23)2)12-13-28-34(6)18-16-29(39-31(38)26-11-9-10-22-37-26)32(3,4)27(34)15-19-36(28,35)8/h9-12,22-24,27-30H,13-21H2,1-8H3/t23-,24+,27+,28-,29+,30+,33-,34+,35-,36-/m1/s1. The van der Waals surface area contributed by atoms with E-state index in [4.69, 9.17) is 4.74 Å². The maximum Gasteiger partial charge on any atom is 0.357 e. The van der Waals surface area contributed by atoms with Crippen LogP contribution in [0.5, 0.6) is 0 Å². The molecule has 3 heteroatoms. The van der Waals surface area contributed by atoms with Gasteiger partial charge in [-0.15, -0.1) is 0 Å². The van der Waals surface area contributed by atoms with Crippen LogP contribution in [0.4, 0.5) is 0 Å². The molecule has 0 aromatic carbocycles. The van der Waals surface area contributed by atoms with Crippen LogP contribution in [0.25, 0.3) is 0 Å². The summed E-state index contributed by atoms with van der Waals surface area (Å²) < 4.78 is 6.23. The average molecular weight is 532 g/mol. The first-order valence-corrected chi connectivity index (χ1v) is 16.1. The highest BCUT2D eigenvalue weighted by Crippen LogP contribution is 2.75. The van der Waals surface area contributed by atoms with Crippen molar-refractivity contribution in [2.75, 3.05) is 0 Å². The highest BCUT2D eigenvalue weighted by Gasteiger charge is 2.68. The maximum atomic E-state index is 13.0. The third-order valence-corrected chi connectivity index (χ3v) is 14.5. The van der Waals surface area contributed by atoms with Crippen LogP contribution in [0.2, 0.25) is 0 Å². The van der Waals surface area contributed by atoms with Crippen molar-refractivity contribution in [1.82, 2.24) is 4.98 Å². The number of hydrogen-bond acceptors (Lipinski definition) is 3. The molecule has 0 amide bonds. The molecule has 39 heavy (non-hydrogen) atoms. The first kappa shape index (κ1) is 27.5. The largest absolute Gasteiger partial charge is 0.457 e. The molecule has 5 aliphatic rings. The molecular formula is C36H53NO2. The highest BCUT2D eigenvalue weighted by atomic mass is 16.5. The number of esters is 1. The van der Waals surface area contributed by atoms with Gasteiger partial charge in [0.1, 0.15) is 11.8 Å². The van der Waals surface area contributed by atoms with Crippen molar-refractivity contribution in [1.29, 1.82) is 0 Å². The fraction of sp³-hybridized carbons (Fsp3) is 0.778. The Morgan fingerprint density at radius 3 is 2.38 bits per heavy atom. The van der Waals surface area contributed by atoms with Gasteiger partial charge in [0.2, 0.25) is 0 Å². The number of carbonyl (C=O) groups excluding carboxylic acids is 1. The normalized spacial score (nSPS) is 48.5. The monoisotopic (exact) mass is 531 g/mol. The minimum atomic E-state index is -0.267. The van der Waals surface area contributed by atoms with Crippen LogP contribution in [0.15, 0.2) is 36.0 Å². The summed E-state index contributed by atoms with van der Waals surface area (Å²) in [6.45, 7) is 20.5. The Balaban J connectivity index is 1.31. The number of allylic oxidation sites excluding steroid dienone is 2. The van der Waals surface area contributed by atoms with Crippen LogP contribution >= 0.6 is 0 Å². The first-order valence-electron chi connectivity index (χ1n) is 16.1. The Labute approximate surface area is 238 Å². The molecule has 0 saturated heterocycles. The van der Waals surface area contributed by atoms with Crippen molar-refractivity contribution in [3.8, 4) is 0 Å². The molecule has 0 unspecified atom stereocenters. The molecule has 0 radical (unpaired) electrons. The van der Waals surface area contributed by atoms with Crippen molar-refractivity contribution in [3.05, 3.63) is 41.7 Å². The number of rotatable bonds is 2. The van der Waals surface area contributed by atoms with Crippen LogP contribution in [-0.4, -0.2) is 17.1 Å². The molecule has 214 valence electrons. The Morgan fingerprint density at radius 2 is 1.67 bits per heavy atom. The Bertz CT molecular complexity index is 1160. The molecule has 0 spiro atoms. The molecule has 4 saturated carbocycles. The van der Waals surface area contributed by atoms with Gasteiger partial charge in [-0.05, 0) is 121 Å². The van der Waals surface area contributed by atoms with Gasteiger partial charge in [0, 0.05) is 11.6 Å². The number of carbonyl (C=O) groups is 1. The molecule has 6 rings (SSSR count). The van der Waals surface area contributed by atoms with E-state index in [0.29, 0.717) is 33.8 Å². The van der Waals surface area contributed by atoms with Crippen LogP contribution in [0, 0.1) is 56.7 Å². The zero-order valence-electron chi connectivity index (χ0n) is 26.0. The lowest BCUT2D eigenvalue weighted by molar-refractivity contribution is -0.204. The van der Waals surface area contributed by atoms with Crippen molar-refractivity contribution in [2.24, 2.45) is 56.7 Å². The summed E-state index contributed by atoms with van der Waals surface area (Å²) in [5.41, 5.74) is 3.60. The van der Waals surface area contributed by atoms with Crippen LogP contribution < -0.4 is 0 Å². The van der Waals surface area contributed by atoms with Crippen molar-refractivity contribution in [2.45, 2.75) is 119 Å². The molecular weight excluding hydrogens is 478 g/mol. The zero-order chi connectivity index (χ0) is 28.0. The SMILES string of the molecule is C[C@H]1[C@H](C)CC[C@]2(C)CC[C@]3(C)C(=CC[C@@H]4[C@@]5(C)CC[C@H](OC(=O)c6ccccn6)C(C)(C)[C@@H]5CC[C@]43C)[C@H]12. The van der Waals surface area contributed by atoms with E-state index >= 15 is 0 Å². The third-order valence-electron chi connectivity index (χ3n) is 14.5. The maximum absolute atomic E-state index is 13.0. The van der Waals surface area contributed by atoms with Gasteiger partial charge in [0.15, 0.2) is 0 Å².